The molecular weight excluding hydrogens is 567 g/mol. The van der Waals surface area contributed by atoms with Crippen molar-refractivity contribution in [1.29, 1.82) is 0 Å². The lowest BCUT2D eigenvalue weighted by Gasteiger charge is -2.31. The molecule has 1 nitrogen and oxygen atoms in total. The molecule has 0 N–H and O–H groups in total. The molecule has 1 saturated carbocycles. The summed E-state index contributed by atoms with van der Waals surface area (Å²) in [4.78, 5) is 0. The minimum absolute atomic E-state index is 0.0592. The monoisotopic (exact) mass is 596 g/mol. The number of rotatable bonds is 8. The second-order valence-corrected chi connectivity index (χ2v) is 11.0. The summed E-state index contributed by atoms with van der Waals surface area (Å²) in [6, 6.07) is 20.4. The lowest BCUT2D eigenvalue weighted by Crippen LogP contribution is -2.29. The van der Waals surface area contributed by atoms with Crippen LogP contribution in [-0.4, -0.2) is 6.10 Å². The molecule has 0 aliphatic heterocycles. The largest absolute Gasteiger partial charge is 0.383 e. The zero-order valence-electron chi connectivity index (χ0n) is 23.0. The van der Waals surface area contributed by atoms with Crippen LogP contribution in [0, 0.1) is 17.5 Å². The molecule has 0 spiro atoms. The smallest absolute Gasteiger partial charge is 0.313 e. The molecule has 42 heavy (non-hydrogen) atoms. The summed E-state index contributed by atoms with van der Waals surface area (Å²) in [5.41, 5.74) is 3.34. The van der Waals surface area contributed by atoms with Gasteiger partial charge in [-0.2, -0.15) is 8.78 Å². The van der Waals surface area contributed by atoms with E-state index in [1.54, 1.807) is 18.2 Å². The van der Waals surface area contributed by atoms with Gasteiger partial charge in [0.25, 0.3) is 0 Å². The number of alkyl halides is 2. The van der Waals surface area contributed by atoms with Crippen molar-refractivity contribution in [3.8, 4) is 22.3 Å². The molecule has 0 radical (unpaired) electrons. The first-order valence-corrected chi connectivity index (χ1v) is 14.4. The Hall–Kier alpha value is -3.48. The predicted molar refractivity (Wildman–Crippen MR) is 158 cm³/mol. The fourth-order valence-corrected chi connectivity index (χ4v) is 5.53. The number of benzene rings is 4. The Kier molecular flexibility index (Phi) is 9.14. The Morgan fingerprint density at radius 2 is 1.36 bits per heavy atom. The van der Waals surface area contributed by atoms with E-state index in [1.165, 1.54) is 24.3 Å². The number of hydrogen-bond donors (Lipinski definition) is 0. The van der Waals surface area contributed by atoms with Crippen molar-refractivity contribution in [2.45, 2.75) is 57.2 Å². The first-order valence-electron chi connectivity index (χ1n) is 14.0. The predicted octanol–water partition coefficient (Wildman–Crippen LogP) is 11.3. The van der Waals surface area contributed by atoms with Crippen LogP contribution in [-0.2, 0) is 10.8 Å². The maximum atomic E-state index is 14.9. The van der Waals surface area contributed by atoms with Gasteiger partial charge in [0, 0.05) is 5.56 Å². The van der Waals surface area contributed by atoms with E-state index >= 15 is 0 Å². The molecular formula is C35H30ClF5O. The summed E-state index contributed by atoms with van der Waals surface area (Å²) in [6.45, 7) is 2.01. The minimum atomic E-state index is -3.35. The quantitative estimate of drug-likeness (QED) is 0.145. The van der Waals surface area contributed by atoms with Crippen LogP contribution in [0.3, 0.4) is 0 Å². The first-order chi connectivity index (χ1) is 20.1. The molecule has 0 atom stereocenters. The van der Waals surface area contributed by atoms with E-state index in [2.05, 4.69) is 0 Å². The second-order valence-electron chi connectivity index (χ2n) is 10.6. The van der Waals surface area contributed by atoms with Gasteiger partial charge in [0.15, 0.2) is 0 Å². The van der Waals surface area contributed by atoms with Gasteiger partial charge in [-0.1, -0.05) is 79.2 Å². The van der Waals surface area contributed by atoms with Gasteiger partial charge in [-0.25, -0.2) is 13.2 Å². The maximum Gasteiger partial charge on any atom is 0.383 e. The zero-order valence-corrected chi connectivity index (χ0v) is 23.8. The summed E-state index contributed by atoms with van der Waals surface area (Å²) in [5.74, 6) is -2.31. The van der Waals surface area contributed by atoms with Crippen molar-refractivity contribution >= 4 is 17.7 Å². The summed E-state index contributed by atoms with van der Waals surface area (Å²) in [5, 5.41) is -0.629. The van der Waals surface area contributed by atoms with E-state index in [4.69, 9.17) is 16.3 Å². The van der Waals surface area contributed by atoms with E-state index in [1.807, 2.05) is 43.3 Å². The minimum Gasteiger partial charge on any atom is -0.313 e. The van der Waals surface area contributed by atoms with Gasteiger partial charge in [0.2, 0.25) is 0 Å². The van der Waals surface area contributed by atoms with E-state index in [0.29, 0.717) is 18.4 Å². The second kappa shape index (κ2) is 12.8. The van der Waals surface area contributed by atoms with Crippen molar-refractivity contribution in [2.24, 2.45) is 0 Å². The van der Waals surface area contributed by atoms with Crippen LogP contribution in [0.2, 0.25) is 5.02 Å². The third-order valence-corrected chi connectivity index (χ3v) is 8.12. The van der Waals surface area contributed by atoms with Crippen molar-refractivity contribution < 1.29 is 26.7 Å². The number of allylic oxidation sites excluding steroid dienone is 1. The highest BCUT2D eigenvalue weighted by Gasteiger charge is 2.37. The van der Waals surface area contributed by atoms with E-state index in [0.717, 1.165) is 48.1 Å². The fourth-order valence-electron chi connectivity index (χ4n) is 5.42. The Balaban J connectivity index is 1.19. The normalized spacial score (nSPS) is 17.6. The summed E-state index contributed by atoms with van der Waals surface area (Å²) < 4.78 is 77.6. The molecule has 4 aromatic rings. The number of halogens is 6. The van der Waals surface area contributed by atoms with Gasteiger partial charge in [0.1, 0.15) is 22.5 Å². The highest BCUT2D eigenvalue weighted by Crippen LogP contribution is 2.40. The van der Waals surface area contributed by atoms with Crippen molar-refractivity contribution in [1.82, 2.24) is 0 Å². The van der Waals surface area contributed by atoms with E-state index < -0.39 is 34.7 Å². The Labute approximate surface area is 247 Å². The van der Waals surface area contributed by atoms with Crippen LogP contribution >= 0.6 is 11.6 Å². The van der Waals surface area contributed by atoms with Gasteiger partial charge < -0.3 is 4.74 Å². The molecule has 4 aromatic carbocycles. The van der Waals surface area contributed by atoms with Crippen molar-refractivity contribution in [3.05, 3.63) is 124 Å². The average Bonchev–Trinajstić information content (AvgIpc) is 2.99. The van der Waals surface area contributed by atoms with Crippen LogP contribution in [0.5, 0.6) is 0 Å². The number of hydrogen-bond acceptors (Lipinski definition) is 1. The third-order valence-electron chi connectivity index (χ3n) is 7.76. The van der Waals surface area contributed by atoms with Gasteiger partial charge in [-0.15, -0.1) is 0 Å². The Bertz CT molecular complexity index is 1530. The van der Waals surface area contributed by atoms with Gasteiger partial charge in [-0.3, -0.25) is 0 Å². The highest BCUT2D eigenvalue weighted by atomic mass is 35.5. The topological polar surface area (TPSA) is 9.23 Å². The summed E-state index contributed by atoms with van der Waals surface area (Å²) in [7, 11) is 0. The molecule has 0 bridgehead atoms. The standard InChI is InChI=1S/C35H30ClF5O/c1-2-3-4-22-5-14-28(15-6-22)35(40,41)42-29-16-11-24(12-17-29)23-7-9-25(10-8-23)26-13-18-30(31(37)19-26)27-20-32(38)34(36)33(39)21-27/h3-10,13-15,18-21,24,29H,2,11-12,16-17H2,1H3/b4-3+. The van der Waals surface area contributed by atoms with Crippen LogP contribution < -0.4 is 0 Å². The fraction of sp³-hybridized carbons (Fsp3) is 0.257. The molecule has 1 aliphatic rings. The molecule has 0 amide bonds. The lowest BCUT2D eigenvalue weighted by molar-refractivity contribution is -0.277. The maximum absolute atomic E-state index is 14.9. The van der Waals surface area contributed by atoms with Gasteiger partial charge in [0.05, 0.1) is 11.7 Å². The van der Waals surface area contributed by atoms with E-state index in [-0.39, 0.29) is 22.6 Å². The Morgan fingerprint density at radius 3 is 1.95 bits per heavy atom. The molecule has 0 saturated heterocycles. The third kappa shape index (κ3) is 6.77. The van der Waals surface area contributed by atoms with Crippen LogP contribution in [0.4, 0.5) is 22.0 Å². The molecule has 1 fully saturated rings. The van der Waals surface area contributed by atoms with Gasteiger partial charge in [-0.05, 0) is 96.2 Å². The van der Waals surface area contributed by atoms with Crippen LogP contribution in [0.1, 0.15) is 61.6 Å². The lowest BCUT2D eigenvalue weighted by atomic mass is 9.82. The van der Waals surface area contributed by atoms with E-state index in [9.17, 15) is 22.0 Å². The molecule has 0 heterocycles. The van der Waals surface area contributed by atoms with Crippen molar-refractivity contribution in [2.75, 3.05) is 0 Å². The molecule has 1 aliphatic carbocycles. The Morgan fingerprint density at radius 1 is 0.762 bits per heavy atom. The summed E-state index contributed by atoms with van der Waals surface area (Å²) >= 11 is 5.54. The van der Waals surface area contributed by atoms with Crippen LogP contribution in [0.15, 0.2) is 84.9 Å². The molecule has 0 unspecified atom stereocenters. The first kappa shape index (κ1) is 30.0. The zero-order chi connectivity index (χ0) is 29.9. The van der Waals surface area contributed by atoms with Crippen molar-refractivity contribution in [3.63, 3.8) is 0 Å². The highest BCUT2D eigenvalue weighted by molar-refractivity contribution is 6.31. The number of ether oxygens (including phenoxy) is 1. The SMILES string of the molecule is CC/C=C/c1ccc(C(F)(F)OC2CCC(c3ccc(-c4ccc(-c5cc(F)c(Cl)c(F)c5)c(F)c4)cc3)CC2)cc1. The van der Waals surface area contributed by atoms with Gasteiger partial charge >= 0.3 is 6.11 Å². The molecule has 5 rings (SSSR count). The van der Waals surface area contributed by atoms with Crippen LogP contribution in [0.25, 0.3) is 28.3 Å². The molecule has 7 heteroatoms. The summed E-state index contributed by atoms with van der Waals surface area (Å²) in [6.07, 6.45) is 3.37. The molecule has 218 valence electrons. The molecule has 0 aromatic heterocycles. The average molecular weight is 597 g/mol.